The van der Waals surface area contributed by atoms with Crippen molar-refractivity contribution in [3.05, 3.63) is 11.6 Å². The Morgan fingerprint density at radius 3 is 2.09 bits per heavy atom. The highest BCUT2D eigenvalue weighted by atomic mass is 16.3. The van der Waals surface area contributed by atoms with Crippen LogP contribution in [0.4, 0.5) is 0 Å². The maximum absolute atomic E-state index is 11.8. The molecule has 0 radical (unpaired) electrons. The van der Waals surface area contributed by atoms with Gasteiger partial charge in [-0.2, -0.15) is 0 Å². The van der Waals surface area contributed by atoms with Gasteiger partial charge in [-0.25, -0.2) is 0 Å². The lowest BCUT2D eigenvalue weighted by Crippen LogP contribution is -2.69. The van der Waals surface area contributed by atoms with Crippen LogP contribution in [0.25, 0.3) is 0 Å². The molecule has 0 aromatic carbocycles. The van der Waals surface area contributed by atoms with Crippen LogP contribution < -0.4 is 0 Å². The Morgan fingerprint density at radius 2 is 1.41 bits per heavy atom. The summed E-state index contributed by atoms with van der Waals surface area (Å²) in [6, 6.07) is 0. The van der Waals surface area contributed by atoms with Crippen LogP contribution in [-0.2, 0) is 0 Å². The van der Waals surface area contributed by atoms with E-state index in [1.807, 2.05) is 0 Å². The molecule has 5 rings (SSSR count). The number of aliphatic hydroxyl groups is 2. The number of allylic oxidation sites excluding steroid dienone is 2. The van der Waals surface area contributed by atoms with E-state index in [4.69, 9.17) is 0 Å². The smallest absolute Gasteiger partial charge is 0.0595 e. The van der Waals surface area contributed by atoms with Crippen molar-refractivity contribution in [2.24, 2.45) is 50.2 Å². The minimum atomic E-state index is -0.313. The van der Waals surface area contributed by atoms with E-state index in [1.165, 1.54) is 38.5 Å². The van der Waals surface area contributed by atoms with E-state index in [-0.39, 0.29) is 39.8 Å². The third-order valence-corrected chi connectivity index (χ3v) is 12.9. The second kappa shape index (κ2) is 6.66. The molecule has 5 aliphatic rings. The monoisotopic (exact) mass is 442 g/mol. The van der Waals surface area contributed by atoms with Gasteiger partial charge in [0.15, 0.2) is 0 Å². The molecule has 0 saturated heterocycles. The van der Waals surface area contributed by atoms with Gasteiger partial charge in [0, 0.05) is 0 Å². The number of hydrogen-bond acceptors (Lipinski definition) is 2. The summed E-state index contributed by atoms with van der Waals surface area (Å²) in [4.78, 5) is 0. The van der Waals surface area contributed by atoms with Gasteiger partial charge in [0.05, 0.1) is 12.2 Å². The maximum Gasteiger partial charge on any atom is 0.0595 e. The quantitative estimate of drug-likeness (QED) is 0.391. The highest BCUT2D eigenvalue weighted by molar-refractivity contribution is 5.32. The molecule has 4 fully saturated rings. The molecule has 0 spiro atoms. The van der Waals surface area contributed by atoms with E-state index in [1.54, 1.807) is 5.57 Å². The second-order valence-electron chi connectivity index (χ2n) is 15.3. The van der Waals surface area contributed by atoms with Crippen molar-refractivity contribution in [2.45, 2.75) is 125 Å². The molecule has 0 bridgehead atoms. The van der Waals surface area contributed by atoms with Crippen LogP contribution in [0.5, 0.6) is 0 Å². The van der Waals surface area contributed by atoms with Crippen molar-refractivity contribution in [1.82, 2.24) is 0 Å². The average molecular weight is 443 g/mol. The molecule has 2 heteroatoms. The molecule has 0 unspecified atom stereocenters. The Bertz CT molecular complexity index is 825. The van der Waals surface area contributed by atoms with Crippen molar-refractivity contribution in [3.8, 4) is 0 Å². The Hall–Kier alpha value is -0.340. The van der Waals surface area contributed by atoms with Gasteiger partial charge < -0.3 is 10.2 Å². The Balaban J connectivity index is 1.59. The Morgan fingerprint density at radius 1 is 0.750 bits per heavy atom. The molecule has 0 aliphatic heterocycles. The summed E-state index contributed by atoms with van der Waals surface area (Å²) < 4.78 is 0. The van der Waals surface area contributed by atoms with Gasteiger partial charge in [-0.3, -0.25) is 0 Å². The summed E-state index contributed by atoms with van der Waals surface area (Å²) in [7, 11) is 0. The van der Waals surface area contributed by atoms with Crippen molar-refractivity contribution >= 4 is 0 Å². The standard InChI is InChI=1S/C30H50O2/c1-25(2)13-14-27(5)15-16-29(7)19(20(27)17-25)9-10-22-28(6)12-11-23(32)26(3,4)24(28)21(31)18-30(22,29)8/h17,19,21-24,31-32H,9-16,18H2,1-8H3/t19-,21-,22-,23+,24+,27-,28-,29-,30-/m1/s1. The highest BCUT2D eigenvalue weighted by Crippen LogP contribution is 2.76. The molecule has 32 heavy (non-hydrogen) atoms. The van der Waals surface area contributed by atoms with Gasteiger partial charge >= 0.3 is 0 Å². The van der Waals surface area contributed by atoms with E-state index >= 15 is 0 Å². The third kappa shape index (κ3) is 2.78. The van der Waals surface area contributed by atoms with E-state index in [0.717, 1.165) is 19.3 Å². The van der Waals surface area contributed by atoms with Crippen molar-refractivity contribution < 1.29 is 10.2 Å². The zero-order valence-electron chi connectivity index (χ0n) is 22.2. The van der Waals surface area contributed by atoms with E-state index in [0.29, 0.717) is 22.7 Å². The molecule has 5 aliphatic carbocycles. The summed E-state index contributed by atoms with van der Waals surface area (Å²) in [6.45, 7) is 19.6. The van der Waals surface area contributed by atoms with Gasteiger partial charge in [0.1, 0.15) is 0 Å². The fraction of sp³-hybridized carbons (Fsp3) is 0.933. The van der Waals surface area contributed by atoms with Crippen LogP contribution in [0.2, 0.25) is 0 Å². The first-order chi connectivity index (χ1) is 14.6. The highest BCUT2D eigenvalue weighted by Gasteiger charge is 2.70. The molecular formula is C30H50O2. The zero-order valence-corrected chi connectivity index (χ0v) is 22.2. The topological polar surface area (TPSA) is 40.5 Å². The first kappa shape index (κ1) is 23.4. The maximum atomic E-state index is 11.8. The molecule has 0 aromatic rings. The van der Waals surface area contributed by atoms with Gasteiger partial charge in [-0.05, 0) is 108 Å². The fourth-order valence-corrected chi connectivity index (χ4v) is 10.8. The lowest BCUT2D eigenvalue weighted by molar-refractivity contribution is -0.262. The molecule has 9 atom stereocenters. The largest absolute Gasteiger partial charge is 0.393 e. The Labute approximate surface area is 197 Å². The van der Waals surface area contributed by atoms with Crippen LogP contribution in [0, 0.1) is 50.2 Å². The number of fused-ring (bicyclic) bond motifs is 7. The minimum absolute atomic E-state index is 0.115. The molecular weight excluding hydrogens is 392 g/mol. The molecule has 0 aromatic heterocycles. The lowest BCUT2D eigenvalue weighted by atomic mass is 9.32. The molecule has 182 valence electrons. The molecule has 2 nitrogen and oxygen atoms in total. The van der Waals surface area contributed by atoms with Crippen LogP contribution in [0.3, 0.4) is 0 Å². The zero-order chi connectivity index (χ0) is 23.5. The summed E-state index contributed by atoms with van der Waals surface area (Å²) in [5.74, 6) is 1.49. The average Bonchev–Trinajstić information content (AvgIpc) is 2.67. The van der Waals surface area contributed by atoms with E-state index in [2.05, 4.69) is 61.5 Å². The predicted molar refractivity (Wildman–Crippen MR) is 132 cm³/mol. The molecule has 2 N–H and O–H groups in total. The second-order valence-corrected chi connectivity index (χ2v) is 15.3. The summed E-state index contributed by atoms with van der Waals surface area (Å²) in [5.41, 5.74) is 2.80. The van der Waals surface area contributed by atoms with Crippen LogP contribution in [-0.4, -0.2) is 22.4 Å². The number of aliphatic hydroxyl groups excluding tert-OH is 2. The van der Waals surface area contributed by atoms with Crippen LogP contribution in [0.1, 0.15) is 113 Å². The summed E-state index contributed by atoms with van der Waals surface area (Å²) in [6.07, 6.45) is 12.8. The van der Waals surface area contributed by atoms with Gasteiger partial charge in [0.2, 0.25) is 0 Å². The van der Waals surface area contributed by atoms with E-state index < -0.39 is 0 Å². The first-order valence-electron chi connectivity index (χ1n) is 13.7. The summed E-state index contributed by atoms with van der Waals surface area (Å²) in [5, 5.41) is 22.7. The normalized spacial score (nSPS) is 56.2. The first-order valence-corrected chi connectivity index (χ1v) is 13.7. The number of hydrogen-bond donors (Lipinski definition) is 2. The van der Waals surface area contributed by atoms with Crippen LogP contribution in [0.15, 0.2) is 11.6 Å². The Kier molecular flexibility index (Phi) is 4.87. The van der Waals surface area contributed by atoms with Gasteiger partial charge in [-0.15, -0.1) is 0 Å². The molecule has 0 heterocycles. The predicted octanol–water partition coefficient (Wildman–Crippen LogP) is 7.14. The third-order valence-electron chi connectivity index (χ3n) is 12.9. The van der Waals surface area contributed by atoms with Crippen molar-refractivity contribution in [3.63, 3.8) is 0 Å². The molecule has 0 amide bonds. The summed E-state index contributed by atoms with van der Waals surface area (Å²) >= 11 is 0. The lowest BCUT2D eigenvalue weighted by Gasteiger charge is -2.73. The minimum Gasteiger partial charge on any atom is -0.393 e. The fourth-order valence-electron chi connectivity index (χ4n) is 10.8. The van der Waals surface area contributed by atoms with Crippen LogP contribution >= 0.6 is 0 Å². The van der Waals surface area contributed by atoms with E-state index in [9.17, 15) is 10.2 Å². The van der Waals surface area contributed by atoms with Gasteiger partial charge in [0.25, 0.3) is 0 Å². The van der Waals surface area contributed by atoms with Crippen molar-refractivity contribution in [2.75, 3.05) is 0 Å². The van der Waals surface area contributed by atoms with Gasteiger partial charge in [-0.1, -0.05) is 67.0 Å². The number of rotatable bonds is 0. The van der Waals surface area contributed by atoms with Crippen molar-refractivity contribution in [1.29, 1.82) is 0 Å². The molecule has 4 saturated carbocycles. The SMILES string of the molecule is CC1(C)C=C2[C@H]3CC[C@@H]4[C@@]5(C)CC[C@H](O)C(C)(C)[C@@H]5[C@H](O)C[C@@]4(C)[C@]3(C)CC[C@@]2(C)CC1.